The standard InChI is InChI=1S/C4H3N3S/c1-3-4(2-5-1)7-8-6-3/h1-2,6H. The maximum atomic E-state index is 4.00. The Balaban J connectivity index is 2.84. The highest BCUT2D eigenvalue weighted by Crippen LogP contribution is 2.15. The number of nitrogens with zero attached hydrogens (tertiary/aromatic N) is 2. The molecule has 0 aromatic carbocycles. The molecule has 2 heterocycles. The Morgan fingerprint density at radius 3 is 3.38 bits per heavy atom. The van der Waals surface area contributed by atoms with Crippen LogP contribution in [0.5, 0.6) is 0 Å². The van der Waals surface area contributed by atoms with Crippen molar-refractivity contribution >= 4 is 11.7 Å². The van der Waals surface area contributed by atoms with Gasteiger partial charge in [-0.2, -0.15) is 4.37 Å². The van der Waals surface area contributed by atoms with Crippen molar-refractivity contribution in [3.05, 3.63) is 12.4 Å². The molecule has 4 heteroatoms. The molecule has 0 aliphatic carbocycles. The number of aromatic amines is 1. The van der Waals surface area contributed by atoms with Gasteiger partial charge in [-0.25, -0.2) is 0 Å². The van der Waals surface area contributed by atoms with Crippen molar-refractivity contribution in [1.29, 1.82) is 0 Å². The molecule has 0 saturated carbocycles. The fourth-order valence-electron chi connectivity index (χ4n) is 0.591. The molecule has 0 unspecified atom stereocenters. The first-order chi connectivity index (χ1) is 3.97. The summed E-state index contributed by atoms with van der Waals surface area (Å²) >= 11 is 1.34. The Kier molecular flexibility index (Phi) is 0.648. The summed E-state index contributed by atoms with van der Waals surface area (Å²) in [6.07, 6.45) is 3.50. The molecule has 0 aromatic rings. The van der Waals surface area contributed by atoms with Crippen LogP contribution in [0.2, 0.25) is 0 Å². The zero-order valence-corrected chi connectivity index (χ0v) is 4.77. The largest absolute Gasteiger partial charge is 0.292 e. The van der Waals surface area contributed by atoms with Crippen molar-refractivity contribution in [2.45, 2.75) is 0 Å². The average Bonchev–Trinajstić information content (AvgIpc) is 2.15. The van der Waals surface area contributed by atoms with Crippen molar-refractivity contribution in [2.75, 3.05) is 0 Å². The van der Waals surface area contributed by atoms with E-state index in [4.69, 9.17) is 0 Å². The summed E-state index contributed by atoms with van der Waals surface area (Å²) in [5, 5.41) is 0. The molecular weight excluding hydrogens is 122 g/mol. The lowest BCUT2D eigenvalue weighted by molar-refractivity contribution is 1.40. The number of rotatable bonds is 0. The van der Waals surface area contributed by atoms with Crippen molar-refractivity contribution in [3.8, 4) is 11.4 Å². The number of nitrogens with one attached hydrogen (secondary N) is 1. The Labute approximate surface area is 50.0 Å². The Morgan fingerprint density at radius 2 is 2.50 bits per heavy atom. The third-order valence-electron chi connectivity index (χ3n) is 0.976. The minimum atomic E-state index is 0.954. The van der Waals surface area contributed by atoms with Crippen LogP contribution in [0.25, 0.3) is 11.4 Å². The van der Waals surface area contributed by atoms with Crippen LogP contribution in [0.15, 0.2) is 12.4 Å². The zero-order chi connectivity index (χ0) is 5.40. The summed E-state index contributed by atoms with van der Waals surface area (Å²) in [5.74, 6) is 0. The number of hydrogen-bond acceptors (Lipinski definition) is 3. The van der Waals surface area contributed by atoms with Crippen molar-refractivity contribution in [3.63, 3.8) is 0 Å². The van der Waals surface area contributed by atoms with Gasteiger partial charge in [0.2, 0.25) is 0 Å². The van der Waals surface area contributed by atoms with Crippen molar-refractivity contribution < 1.29 is 0 Å². The van der Waals surface area contributed by atoms with Gasteiger partial charge < -0.3 is 0 Å². The summed E-state index contributed by atoms with van der Waals surface area (Å²) in [5.41, 5.74) is 1.98. The number of H-pyrrole nitrogens is 1. The summed E-state index contributed by atoms with van der Waals surface area (Å²) in [4.78, 5) is 3.87. The average molecular weight is 125 g/mol. The van der Waals surface area contributed by atoms with Gasteiger partial charge in [-0.15, -0.1) is 0 Å². The van der Waals surface area contributed by atoms with Crippen LogP contribution in [-0.4, -0.2) is 13.7 Å². The van der Waals surface area contributed by atoms with E-state index in [1.165, 1.54) is 11.7 Å². The lowest BCUT2D eigenvalue weighted by Gasteiger charge is -1.72. The van der Waals surface area contributed by atoms with E-state index in [0.717, 1.165) is 11.4 Å². The van der Waals surface area contributed by atoms with Crippen LogP contribution in [0, 0.1) is 0 Å². The molecule has 0 bridgehead atoms. The van der Waals surface area contributed by atoms with Crippen molar-refractivity contribution in [1.82, 2.24) is 13.7 Å². The smallest absolute Gasteiger partial charge is 0.122 e. The quantitative estimate of drug-likeness (QED) is 0.570. The maximum absolute atomic E-state index is 4.00. The molecule has 0 aromatic heterocycles. The molecule has 2 aliphatic heterocycles. The number of fused-ring (bicyclic) bond motifs is 1. The van der Waals surface area contributed by atoms with E-state index in [-0.39, 0.29) is 0 Å². The molecule has 0 amide bonds. The molecule has 0 spiro atoms. The van der Waals surface area contributed by atoms with Crippen LogP contribution in [0.4, 0.5) is 0 Å². The lowest BCUT2D eigenvalue weighted by atomic mass is 10.4. The summed E-state index contributed by atoms with van der Waals surface area (Å²) < 4.78 is 6.97. The molecule has 2 aliphatic rings. The van der Waals surface area contributed by atoms with E-state index in [2.05, 4.69) is 13.7 Å². The highest BCUT2D eigenvalue weighted by molar-refractivity contribution is 6.99. The fourth-order valence-corrected chi connectivity index (χ4v) is 1.14. The minimum Gasteiger partial charge on any atom is -0.292 e. The SMILES string of the molecule is c1ncc2[nH]snc1-2. The van der Waals surface area contributed by atoms with Crippen LogP contribution in [0.3, 0.4) is 0 Å². The van der Waals surface area contributed by atoms with Gasteiger partial charge in [0.1, 0.15) is 5.69 Å². The Bertz CT molecular complexity index is 203. The number of hydrogen-bond donors (Lipinski definition) is 1. The van der Waals surface area contributed by atoms with Crippen LogP contribution >= 0.6 is 11.7 Å². The Morgan fingerprint density at radius 1 is 1.50 bits per heavy atom. The molecule has 0 atom stereocenters. The van der Waals surface area contributed by atoms with Crippen LogP contribution in [0.1, 0.15) is 0 Å². The second-order valence-electron chi connectivity index (χ2n) is 1.49. The first kappa shape index (κ1) is 4.03. The molecule has 0 fully saturated rings. The van der Waals surface area contributed by atoms with Crippen LogP contribution < -0.4 is 0 Å². The lowest BCUT2D eigenvalue weighted by Crippen LogP contribution is -1.62. The zero-order valence-electron chi connectivity index (χ0n) is 3.96. The highest BCUT2D eigenvalue weighted by Gasteiger charge is 2.02. The molecule has 2 rings (SSSR count). The second kappa shape index (κ2) is 1.29. The Hall–Kier alpha value is -0.900. The van der Waals surface area contributed by atoms with E-state index in [9.17, 15) is 0 Å². The van der Waals surface area contributed by atoms with E-state index >= 15 is 0 Å². The van der Waals surface area contributed by atoms with Gasteiger partial charge in [0.05, 0.1) is 18.1 Å². The molecule has 8 heavy (non-hydrogen) atoms. The minimum absolute atomic E-state index is 0.954. The first-order valence-electron chi connectivity index (χ1n) is 2.20. The van der Waals surface area contributed by atoms with E-state index < -0.39 is 0 Å². The normalized spacial score (nSPS) is 10.5. The highest BCUT2D eigenvalue weighted by atomic mass is 32.1. The molecule has 40 valence electrons. The fraction of sp³-hybridized carbons (Fsp3) is 0. The maximum Gasteiger partial charge on any atom is 0.122 e. The summed E-state index contributed by atoms with van der Waals surface area (Å²) in [6.45, 7) is 0. The van der Waals surface area contributed by atoms with Gasteiger partial charge in [-0.05, 0) is 0 Å². The van der Waals surface area contributed by atoms with Gasteiger partial charge in [-0.1, -0.05) is 0 Å². The van der Waals surface area contributed by atoms with Crippen LogP contribution in [-0.2, 0) is 0 Å². The second-order valence-corrected chi connectivity index (χ2v) is 2.06. The molecule has 1 N–H and O–H groups in total. The third-order valence-corrected chi connectivity index (χ3v) is 1.58. The first-order valence-corrected chi connectivity index (χ1v) is 2.98. The monoisotopic (exact) mass is 125 g/mol. The van der Waals surface area contributed by atoms with E-state index in [1.54, 1.807) is 12.4 Å². The predicted octanol–water partition coefficient (Wildman–Crippen LogP) is 0.971. The topological polar surface area (TPSA) is 41.6 Å². The van der Waals surface area contributed by atoms with Crippen molar-refractivity contribution in [2.24, 2.45) is 0 Å². The molecule has 0 radical (unpaired) electrons. The van der Waals surface area contributed by atoms with Gasteiger partial charge in [0.25, 0.3) is 0 Å². The van der Waals surface area contributed by atoms with Gasteiger partial charge in [-0.3, -0.25) is 9.36 Å². The van der Waals surface area contributed by atoms with E-state index in [1.807, 2.05) is 0 Å². The van der Waals surface area contributed by atoms with Gasteiger partial charge in [0, 0.05) is 11.7 Å². The molecule has 3 nitrogen and oxygen atoms in total. The predicted molar refractivity (Wildman–Crippen MR) is 30.9 cm³/mol. The number of aromatic nitrogens is 3. The third kappa shape index (κ3) is 0.376. The van der Waals surface area contributed by atoms with E-state index in [0.29, 0.717) is 0 Å². The van der Waals surface area contributed by atoms with Gasteiger partial charge in [0.15, 0.2) is 0 Å². The summed E-state index contributed by atoms with van der Waals surface area (Å²) in [6, 6.07) is 0. The molecular formula is C4H3N3S. The summed E-state index contributed by atoms with van der Waals surface area (Å²) in [7, 11) is 0. The van der Waals surface area contributed by atoms with Gasteiger partial charge >= 0.3 is 0 Å². The molecule has 0 saturated heterocycles.